The molecule has 0 radical (unpaired) electrons. The molecule has 1 heterocycles. The second-order valence-electron chi connectivity index (χ2n) is 8.06. The molecule has 3 aromatic carbocycles. The van der Waals surface area contributed by atoms with E-state index in [1.54, 1.807) is 23.9 Å². The Kier molecular flexibility index (Phi) is 8.22. The van der Waals surface area contributed by atoms with E-state index in [-0.39, 0.29) is 17.3 Å². The predicted octanol–water partition coefficient (Wildman–Crippen LogP) is 6.33. The van der Waals surface area contributed by atoms with Gasteiger partial charge in [-0.05, 0) is 66.9 Å². The Bertz CT molecular complexity index is 1250. The van der Waals surface area contributed by atoms with Crippen LogP contribution in [0.15, 0.2) is 82.6 Å². The molecule has 34 heavy (non-hydrogen) atoms. The lowest BCUT2D eigenvalue weighted by atomic mass is 9.99. The molecular formula is C25H24Cl2N2O3S2. The molecule has 1 fully saturated rings. The topological polar surface area (TPSA) is 66.5 Å². The first-order valence-electron chi connectivity index (χ1n) is 10.9. The molecule has 178 valence electrons. The average Bonchev–Trinajstić information content (AvgIpc) is 2.85. The highest BCUT2D eigenvalue weighted by atomic mass is 35.5. The van der Waals surface area contributed by atoms with E-state index < -0.39 is 15.9 Å². The second-order valence-corrected chi connectivity index (χ2v) is 11.9. The fraction of sp³-hybridized carbons (Fsp3) is 0.240. The highest BCUT2D eigenvalue weighted by molar-refractivity contribution is 7.98. The minimum absolute atomic E-state index is 0.150. The molecule has 1 aliphatic rings. The van der Waals surface area contributed by atoms with Gasteiger partial charge in [-0.25, -0.2) is 8.42 Å². The number of carbonyl (C=O) groups is 1. The van der Waals surface area contributed by atoms with E-state index in [9.17, 15) is 13.2 Å². The lowest BCUT2D eigenvalue weighted by Gasteiger charge is -2.31. The summed E-state index contributed by atoms with van der Waals surface area (Å²) in [5.41, 5.74) is 1.86. The number of halogens is 2. The van der Waals surface area contributed by atoms with Crippen molar-refractivity contribution in [1.29, 1.82) is 0 Å². The van der Waals surface area contributed by atoms with Crippen LogP contribution in [0.25, 0.3) is 0 Å². The van der Waals surface area contributed by atoms with Crippen LogP contribution in [0.4, 0.5) is 5.69 Å². The van der Waals surface area contributed by atoms with Crippen molar-refractivity contribution >= 4 is 56.6 Å². The molecule has 0 saturated carbocycles. The first kappa shape index (κ1) is 25.1. The van der Waals surface area contributed by atoms with Crippen molar-refractivity contribution in [2.24, 2.45) is 5.92 Å². The number of benzene rings is 3. The Morgan fingerprint density at radius 2 is 1.62 bits per heavy atom. The fourth-order valence-corrected chi connectivity index (χ4v) is 6.54. The van der Waals surface area contributed by atoms with Gasteiger partial charge in [0.25, 0.3) is 0 Å². The second kappa shape index (κ2) is 11.1. The molecule has 5 nitrogen and oxygen atoms in total. The molecule has 1 amide bonds. The number of rotatable bonds is 7. The Balaban J connectivity index is 1.42. The average molecular weight is 536 g/mol. The van der Waals surface area contributed by atoms with E-state index in [1.807, 2.05) is 48.5 Å². The van der Waals surface area contributed by atoms with Crippen molar-refractivity contribution in [1.82, 2.24) is 4.31 Å². The summed E-state index contributed by atoms with van der Waals surface area (Å²) in [5, 5.41) is 4.19. The van der Waals surface area contributed by atoms with Crippen LogP contribution in [0, 0.1) is 5.92 Å². The van der Waals surface area contributed by atoms with Gasteiger partial charge in [0.05, 0.1) is 16.5 Å². The highest BCUT2D eigenvalue weighted by Gasteiger charge is 2.33. The number of nitrogens with one attached hydrogen (secondary N) is 1. The van der Waals surface area contributed by atoms with Gasteiger partial charge < -0.3 is 5.32 Å². The molecule has 0 spiro atoms. The standard InChI is InChI=1S/C25H24Cl2N2O3S2/c26-20-9-7-18(8-10-20)17-33-24-6-2-1-5-23(24)28-25(30)19-4-3-15-29(16-19)34(31,32)22-13-11-21(27)12-14-22/h1-2,5-14,19H,3-4,15-17H2,(H,28,30)/t19-/m0/s1. The lowest BCUT2D eigenvalue weighted by Crippen LogP contribution is -2.43. The SMILES string of the molecule is O=C(Nc1ccccc1SCc1ccc(Cl)cc1)[C@H]1CCCN(S(=O)(=O)c2ccc(Cl)cc2)C1. The first-order valence-corrected chi connectivity index (χ1v) is 14.0. The minimum Gasteiger partial charge on any atom is -0.325 e. The van der Waals surface area contributed by atoms with Crippen molar-refractivity contribution in [3.63, 3.8) is 0 Å². The Morgan fingerprint density at radius 3 is 2.32 bits per heavy atom. The van der Waals surface area contributed by atoms with E-state index in [2.05, 4.69) is 5.32 Å². The smallest absolute Gasteiger partial charge is 0.243 e. The molecule has 1 atom stereocenters. The summed E-state index contributed by atoms with van der Waals surface area (Å²) in [4.78, 5) is 14.2. The van der Waals surface area contributed by atoms with Gasteiger partial charge in [-0.1, -0.05) is 47.5 Å². The van der Waals surface area contributed by atoms with E-state index >= 15 is 0 Å². The van der Waals surface area contributed by atoms with Crippen molar-refractivity contribution in [2.75, 3.05) is 18.4 Å². The van der Waals surface area contributed by atoms with E-state index in [1.165, 1.54) is 16.4 Å². The molecule has 3 aromatic rings. The van der Waals surface area contributed by atoms with Crippen LogP contribution in [0.5, 0.6) is 0 Å². The Labute approximate surface area is 214 Å². The summed E-state index contributed by atoms with van der Waals surface area (Å²) in [6.07, 6.45) is 1.26. The van der Waals surface area contributed by atoms with Gasteiger partial charge in [-0.2, -0.15) is 4.31 Å². The number of carbonyl (C=O) groups excluding carboxylic acids is 1. The van der Waals surface area contributed by atoms with Gasteiger partial charge in [0.1, 0.15) is 0 Å². The van der Waals surface area contributed by atoms with E-state index in [4.69, 9.17) is 23.2 Å². The van der Waals surface area contributed by atoms with Crippen molar-refractivity contribution in [2.45, 2.75) is 28.4 Å². The van der Waals surface area contributed by atoms with E-state index in [0.717, 1.165) is 21.9 Å². The molecule has 4 rings (SSSR count). The zero-order chi connectivity index (χ0) is 24.1. The maximum atomic E-state index is 13.1. The van der Waals surface area contributed by atoms with Gasteiger partial charge >= 0.3 is 0 Å². The van der Waals surface area contributed by atoms with Crippen LogP contribution in [0.1, 0.15) is 18.4 Å². The van der Waals surface area contributed by atoms with Crippen LogP contribution >= 0.6 is 35.0 Å². The maximum absolute atomic E-state index is 13.1. The summed E-state index contributed by atoms with van der Waals surface area (Å²) in [5.74, 6) is 0.140. The fourth-order valence-electron chi connectivity index (χ4n) is 3.80. The normalized spacial score (nSPS) is 16.8. The highest BCUT2D eigenvalue weighted by Crippen LogP contribution is 2.31. The number of para-hydroxylation sites is 1. The maximum Gasteiger partial charge on any atom is 0.243 e. The molecule has 1 aliphatic heterocycles. The quantitative estimate of drug-likeness (QED) is 0.360. The number of sulfonamides is 1. The molecule has 0 bridgehead atoms. The molecule has 1 saturated heterocycles. The molecule has 1 N–H and O–H groups in total. The summed E-state index contributed by atoms with van der Waals surface area (Å²) in [6.45, 7) is 0.541. The van der Waals surface area contributed by atoms with Crippen LogP contribution in [-0.4, -0.2) is 31.7 Å². The number of nitrogens with zero attached hydrogens (tertiary/aromatic N) is 1. The zero-order valence-electron chi connectivity index (χ0n) is 18.3. The summed E-state index contributed by atoms with van der Waals surface area (Å²) in [6, 6.07) is 21.4. The van der Waals surface area contributed by atoms with Crippen molar-refractivity contribution < 1.29 is 13.2 Å². The number of thioether (sulfide) groups is 1. The molecular weight excluding hydrogens is 511 g/mol. The van der Waals surface area contributed by atoms with Gasteiger partial charge in [0.15, 0.2) is 0 Å². The van der Waals surface area contributed by atoms with Gasteiger partial charge in [-0.3, -0.25) is 4.79 Å². The summed E-state index contributed by atoms with van der Waals surface area (Å²) >= 11 is 13.5. The third-order valence-electron chi connectivity index (χ3n) is 5.66. The summed E-state index contributed by atoms with van der Waals surface area (Å²) in [7, 11) is -3.69. The molecule has 0 aliphatic carbocycles. The van der Waals surface area contributed by atoms with Crippen LogP contribution in [-0.2, 0) is 20.6 Å². The number of amides is 1. The van der Waals surface area contributed by atoms with Gasteiger partial charge in [0, 0.05) is 33.8 Å². The van der Waals surface area contributed by atoms with Crippen LogP contribution in [0.3, 0.4) is 0 Å². The Hall–Kier alpha value is -2.03. The van der Waals surface area contributed by atoms with Crippen molar-refractivity contribution in [3.8, 4) is 0 Å². The number of hydrogen-bond acceptors (Lipinski definition) is 4. The zero-order valence-corrected chi connectivity index (χ0v) is 21.4. The number of hydrogen-bond donors (Lipinski definition) is 1. The third-order valence-corrected chi connectivity index (χ3v) is 9.19. The van der Waals surface area contributed by atoms with Crippen molar-refractivity contribution in [3.05, 3.63) is 88.4 Å². The van der Waals surface area contributed by atoms with Crippen LogP contribution < -0.4 is 5.32 Å². The molecule has 9 heteroatoms. The van der Waals surface area contributed by atoms with Gasteiger partial charge in [-0.15, -0.1) is 11.8 Å². The monoisotopic (exact) mass is 534 g/mol. The van der Waals surface area contributed by atoms with Gasteiger partial charge in [0.2, 0.25) is 15.9 Å². The number of anilines is 1. The number of piperidine rings is 1. The molecule has 0 unspecified atom stereocenters. The largest absolute Gasteiger partial charge is 0.325 e. The Morgan fingerprint density at radius 1 is 0.971 bits per heavy atom. The van der Waals surface area contributed by atoms with Crippen LogP contribution in [0.2, 0.25) is 10.0 Å². The predicted molar refractivity (Wildman–Crippen MR) is 139 cm³/mol. The summed E-state index contributed by atoms with van der Waals surface area (Å²) < 4.78 is 27.5. The first-order chi connectivity index (χ1) is 16.3. The third kappa shape index (κ3) is 6.15. The minimum atomic E-state index is -3.69. The van der Waals surface area contributed by atoms with E-state index in [0.29, 0.717) is 29.4 Å². The molecule has 0 aromatic heterocycles. The lowest BCUT2D eigenvalue weighted by molar-refractivity contribution is -0.120.